The first kappa shape index (κ1) is 30.6. The average Bonchev–Trinajstić information content (AvgIpc) is 2.86. The fraction of sp³-hybridized carbons (Fsp3) is 0.600. The number of hydrogen-bond acceptors (Lipinski definition) is 7. The van der Waals surface area contributed by atoms with Gasteiger partial charge in [0.2, 0.25) is 11.5 Å². The number of ether oxygens (including phenoxy) is 1. The number of unbranched alkanes of at least 4 members (excludes halogenated alkanes) is 4. The lowest BCUT2D eigenvalue weighted by molar-refractivity contribution is 0.148. The summed E-state index contributed by atoms with van der Waals surface area (Å²) >= 11 is 0. The van der Waals surface area contributed by atoms with Gasteiger partial charge in [-0.25, -0.2) is 0 Å². The Morgan fingerprint density at radius 3 is 1.32 bits per heavy atom. The minimum absolute atomic E-state index is 0.241. The Kier molecular flexibility index (Phi) is 13.4. The number of phenols is 4. The molecule has 2 aromatic rings. The number of aliphatic hydroxyl groups excluding tert-OH is 2. The van der Waals surface area contributed by atoms with Gasteiger partial charge in [-0.3, -0.25) is 0 Å². The van der Waals surface area contributed by atoms with E-state index in [0.717, 1.165) is 51.4 Å². The lowest BCUT2D eigenvalue weighted by Gasteiger charge is -2.17. The number of aryl methyl sites for hydroxylation is 2. The van der Waals surface area contributed by atoms with E-state index in [2.05, 4.69) is 13.8 Å². The molecule has 2 rings (SSSR count). The monoisotopic (exact) mass is 518 g/mol. The Hall–Kier alpha value is -2.64. The Bertz CT molecular complexity index is 869. The Balaban J connectivity index is 2.04. The zero-order valence-corrected chi connectivity index (χ0v) is 22.5. The smallest absolute Gasteiger partial charge is 0.211 e. The first-order valence-electron chi connectivity index (χ1n) is 13.9. The van der Waals surface area contributed by atoms with Gasteiger partial charge in [-0.1, -0.05) is 64.5 Å². The van der Waals surface area contributed by atoms with Gasteiger partial charge in [0.15, 0.2) is 23.0 Å². The number of aromatic hydroxyl groups is 4. The minimum Gasteiger partial charge on any atom is -0.504 e. The molecular weight excluding hydrogens is 472 g/mol. The predicted molar refractivity (Wildman–Crippen MR) is 146 cm³/mol. The van der Waals surface area contributed by atoms with E-state index < -0.39 is 0 Å². The molecule has 0 aliphatic carbocycles. The largest absolute Gasteiger partial charge is 0.504 e. The topological polar surface area (TPSA) is 131 Å². The average molecular weight is 519 g/mol. The molecule has 37 heavy (non-hydrogen) atoms. The molecule has 0 aliphatic heterocycles. The zero-order chi connectivity index (χ0) is 27.2. The van der Waals surface area contributed by atoms with E-state index in [0.29, 0.717) is 49.7 Å². The molecule has 2 unspecified atom stereocenters. The van der Waals surface area contributed by atoms with Crippen molar-refractivity contribution in [2.75, 3.05) is 0 Å². The molecular formula is C30H46O7. The van der Waals surface area contributed by atoms with Crippen LogP contribution in [0.25, 0.3) is 0 Å². The molecule has 0 heterocycles. The molecule has 0 amide bonds. The summed E-state index contributed by atoms with van der Waals surface area (Å²) in [4.78, 5) is 0. The van der Waals surface area contributed by atoms with Gasteiger partial charge in [-0.15, -0.1) is 0 Å². The third kappa shape index (κ3) is 9.97. The molecule has 6 N–H and O–H groups in total. The van der Waals surface area contributed by atoms with Crippen molar-refractivity contribution in [3.8, 4) is 34.5 Å². The van der Waals surface area contributed by atoms with Gasteiger partial charge >= 0.3 is 0 Å². The number of benzene rings is 2. The van der Waals surface area contributed by atoms with Gasteiger partial charge in [-0.2, -0.15) is 0 Å². The summed E-state index contributed by atoms with van der Waals surface area (Å²) in [5, 5.41) is 62.5. The van der Waals surface area contributed by atoms with Crippen molar-refractivity contribution in [1.82, 2.24) is 0 Å². The van der Waals surface area contributed by atoms with Crippen LogP contribution >= 0.6 is 0 Å². The zero-order valence-electron chi connectivity index (χ0n) is 22.5. The van der Waals surface area contributed by atoms with Crippen LogP contribution in [0, 0.1) is 0 Å². The van der Waals surface area contributed by atoms with Crippen molar-refractivity contribution in [2.24, 2.45) is 0 Å². The molecule has 0 aromatic heterocycles. The predicted octanol–water partition coefficient (Wildman–Crippen LogP) is 6.83. The van der Waals surface area contributed by atoms with Crippen LogP contribution in [0.2, 0.25) is 0 Å². The van der Waals surface area contributed by atoms with Gasteiger partial charge in [0.1, 0.15) is 0 Å². The SMILES string of the molecule is CCCCCC(O)CCCc1ccc(O)c(Oc2c(O)ccc(CCCC(O)CCCCC)c2O)c1O. The molecule has 2 aromatic carbocycles. The van der Waals surface area contributed by atoms with Gasteiger partial charge in [-0.05, 0) is 74.6 Å². The summed E-state index contributed by atoms with van der Waals surface area (Å²) in [7, 11) is 0. The molecule has 0 bridgehead atoms. The molecule has 2 atom stereocenters. The minimum atomic E-state index is -0.379. The quantitative estimate of drug-likeness (QED) is 0.119. The van der Waals surface area contributed by atoms with E-state index in [4.69, 9.17) is 4.74 Å². The summed E-state index contributed by atoms with van der Waals surface area (Å²) < 4.78 is 5.67. The highest BCUT2D eigenvalue weighted by atomic mass is 16.5. The van der Waals surface area contributed by atoms with Gasteiger partial charge in [0, 0.05) is 0 Å². The lowest BCUT2D eigenvalue weighted by Crippen LogP contribution is -2.06. The van der Waals surface area contributed by atoms with Crippen LogP contribution in [0.15, 0.2) is 24.3 Å². The van der Waals surface area contributed by atoms with E-state index in [-0.39, 0.29) is 46.7 Å². The van der Waals surface area contributed by atoms with Crippen LogP contribution in [0.4, 0.5) is 0 Å². The van der Waals surface area contributed by atoms with Crippen LogP contribution in [0.5, 0.6) is 34.5 Å². The molecule has 7 nitrogen and oxygen atoms in total. The summed E-state index contributed by atoms with van der Waals surface area (Å²) in [5.41, 5.74) is 1.08. The second-order valence-corrected chi connectivity index (χ2v) is 10.0. The normalized spacial score (nSPS) is 13.0. The fourth-order valence-corrected chi connectivity index (χ4v) is 4.51. The number of phenolic OH excluding ortho intramolecular Hbond substituents is 4. The molecule has 0 aliphatic rings. The number of aliphatic hydroxyl groups is 2. The van der Waals surface area contributed by atoms with Gasteiger partial charge in [0.25, 0.3) is 0 Å². The van der Waals surface area contributed by atoms with Crippen molar-refractivity contribution in [3.63, 3.8) is 0 Å². The number of rotatable bonds is 18. The van der Waals surface area contributed by atoms with Crippen LogP contribution in [-0.2, 0) is 12.8 Å². The highest BCUT2D eigenvalue weighted by Gasteiger charge is 2.21. The maximum absolute atomic E-state index is 10.8. The van der Waals surface area contributed by atoms with Crippen molar-refractivity contribution in [3.05, 3.63) is 35.4 Å². The Morgan fingerprint density at radius 2 is 0.946 bits per heavy atom. The third-order valence-electron chi connectivity index (χ3n) is 6.84. The van der Waals surface area contributed by atoms with Crippen LogP contribution in [0.3, 0.4) is 0 Å². The van der Waals surface area contributed by atoms with Gasteiger partial charge in [0.05, 0.1) is 12.2 Å². The molecule has 0 saturated carbocycles. The van der Waals surface area contributed by atoms with E-state index in [1.165, 1.54) is 12.1 Å². The van der Waals surface area contributed by atoms with Crippen LogP contribution < -0.4 is 4.74 Å². The third-order valence-corrected chi connectivity index (χ3v) is 6.84. The first-order chi connectivity index (χ1) is 17.8. The Morgan fingerprint density at radius 1 is 0.568 bits per heavy atom. The molecule has 0 spiro atoms. The van der Waals surface area contributed by atoms with Crippen molar-refractivity contribution in [2.45, 2.75) is 116 Å². The summed E-state index contributed by atoms with van der Waals surface area (Å²) in [6.45, 7) is 4.24. The van der Waals surface area contributed by atoms with E-state index in [1.807, 2.05) is 0 Å². The standard InChI is InChI=1S/C30H46O7/c1-3-5-7-13-23(31)15-9-11-21-17-19-25(33)29(27(21)35)37-30-26(34)20-18-22(28(30)36)12-10-16-24(32)14-8-6-4-2/h17-20,23-24,31-36H,3-16H2,1-2H3. The summed E-state index contributed by atoms with van der Waals surface area (Å²) in [6.07, 6.45) is 10.6. The second kappa shape index (κ2) is 16.3. The molecule has 0 radical (unpaired) electrons. The first-order valence-corrected chi connectivity index (χ1v) is 13.9. The second-order valence-electron chi connectivity index (χ2n) is 10.0. The Labute approximate surface area is 221 Å². The number of hydrogen-bond donors (Lipinski definition) is 6. The molecule has 7 heteroatoms. The van der Waals surface area contributed by atoms with E-state index in [9.17, 15) is 30.6 Å². The fourth-order valence-electron chi connectivity index (χ4n) is 4.51. The lowest BCUT2D eigenvalue weighted by atomic mass is 10.0. The highest BCUT2D eigenvalue weighted by molar-refractivity contribution is 5.61. The highest BCUT2D eigenvalue weighted by Crippen LogP contribution is 2.48. The van der Waals surface area contributed by atoms with E-state index >= 15 is 0 Å². The van der Waals surface area contributed by atoms with Crippen molar-refractivity contribution < 1.29 is 35.4 Å². The molecule has 0 fully saturated rings. The van der Waals surface area contributed by atoms with E-state index in [1.54, 1.807) is 12.1 Å². The summed E-state index contributed by atoms with van der Waals surface area (Å²) in [5.74, 6) is -1.65. The molecule has 208 valence electrons. The molecule has 0 saturated heterocycles. The van der Waals surface area contributed by atoms with Crippen LogP contribution in [-0.4, -0.2) is 42.8 Å². The van der Waals surface area contributed by atoms with Crippen molar-refractivity contribution >= 4 is 0 Å². The van der Waals surface area contributed by atoms with Gasteiger partial charge < -0.3 is 35.4 Å². The van der Waals surface area contributed by atoms with Crippen molar-refractivity contribution in [1.29, 1.82) is 0 Å². The van der Waals surface area contributed by atoms with Crippen LogP contribution in [0.1, 0.15) is 102 Å². The summed E-state index contributed by atoms with van der Waals surface area (Å²) in [6, 6.07) is 6.01. The maximum atomic E-state index is 10.8. The maximum Gasteiger partial charge on any atom is 0.211 e.